The first-order valence-corrected chi connectivity index (χ1v) is 6.03. The maximum absolute atomic E-state index is 5.61. The van der Waals surface area contributed by atoms with E-state index in [1.165, 1.54) is 5.56 Å². The molecule has 18 heavy (non-hydrogen) atoms. The van der Waals surface area contributed by atoms with E-state index in [2.05, 4.69) is 28.4 Å². The minimum Gasteiger partial charge on any atom is -0.423 e. The van der Waals surface area contributed by atoms with E-state index in [0.717, 1.165) is 12.2 Å². The van der Waals surface area contributed by atoms with E-state index in [1.807, 2.05) is 32.3 Å². The van der Waals surface area contributed by atoms with E-state index in [0.29, 0.717) is 12.1 Å². The lowest BCUT2D eigenvalue weighted by atomic mass is 10.0. The van der Waals surface area contributed by atoms with Gasteiger partial charge in [-0.05, 0) is 31.2 Å². The van der Waals surface area contributed by atoms with Crippen LogP contribution >= 0.6 is 0 Å². The van der Waals surface area contributed by atoms with Crippen LogP contribution < -0.4 is 10.1 Å². The molecule has 96 valence electrons. The summed E-state index contributed by atoms with van der Waals surface area (Å²) >= 11 is 0. The number of aryl methyl sites for hydroxylation is 1. The molecule has 0 aliphatic carbocycles. The number of nitrogens with one attached hydrogen (secondary N) is 1. The lowest BCUT2D eigenvalue weighted by Gasteiger charge is -2.14. The first-order valence-electron chi connectivity index (χ1n) is 6.03. The van der Waals surface area contributed by atoms with Gasteiger partial charge < -0.3 is 10.1 Å². The van der Waals surface area contributed by atoms with Crippen molar-refractivity contribution in [1.82, 2.24) is 20.1 Å². The summed E-state index contributed by atoms with van der Waals surface area (Å²) < 4.78 is 7.22. The van der Waals surface area contributed by atoms with Crippen molar-refractivity contribution in [2.75, 3.05) is 7.05 Å². The second-order valence-corrected chi connectivity index (χ2v) is 4.12. The van der Waals surface area contributed by atoms with Gasteiger partial charge in [-0.1, -0.05) is 19.1 Å². The Kier molecular flexibility index (Phi) is 3.94. The highest BCUT2D eigenvalue weighted by molar-refractivity contribution is 5.32. The van der Waals surface area contributed by atoms with Crippen molar-refractivity contribution in [3.05, 3.63) is 36.2 Å². The zero-order chi connectivity index (χ0) is 13.0. The van der Waals surface area contributed by atoms with Gasteiger partial charge in [-0.2, -0.15) is 4.98 Å². The summed E-state index contributed by atoms with van der Waals surface area (Å²) in [6, 6.07) is 8.69. The third kappa shape index (κ3) is 2.87. The van der Waals surface area contributed by atoms with Crippen molar-refractivity contribution in [2.45, 2.75) is 19.4 Å². The molecule has 5 nitrogen and oxygen atoms in total. The third-order valence-corrected chi connectivity index (χ3v) is 2.80. The molecule has 0 amide bonds. The van der Waals surface area contributed by atoms with Gasteiger partial charge in [0.1, 0.15) is 12.1 Å². The van der Waals surface area contributed by atoms with Gasteiger partial charge in [0.15, 0.2) is 0 Å². The number of hydrogen-bond donors (Lipinski definition) is 1. The standard InChI is InChI=1S/C13H18N4O/c1-4-12(14-2)10-6-5-7-11(8-10)18-13-15-9-17(3)16-13/h5-9,12,14H,4H2,1-3H3. The van der Waals surface area contributed by atoms with E-state index in [9.17, 15) is 0 Å². The van der Waals surface area contributed by atoms with Crippen molar-refractivity contribution in [3.63, 3.8) is 0 Å². The third-order valence-electron chi connectivity index (χ3n) is 2.80. The lowest BCUT2D eigenvalue weighted by molar-refractivity contribution is 0.437. The molecule has 0 saturated carbocycles. The van der Waals surface area contributed by atoms with Crippen molar-refractivity contribution in [2.24, 2.45) is 7.05 Å². The Morgan fingerprint density at radius 3 is 2.89 bits per heavy atom. The molecule has 0 saturated heterocycles. The van der Waals surface area contributed by atoms with E-state index >= 15 is 0 Å². The van der Waals surface area contributed by atoms with Crippen LogP contribution in [-0.4, -0.2) is 21.8 Å². The predicted octanol–water partition coefficient (Wildman–Crippen LogP) is 2.28. The molecule has 0 radical (unpaired) electrons. The van der Waals surface area contributed by atoms with Gasteiger partial charge in [0.25, 0.3) is 0 Å². The molecule has 1 heterocycles. The van der Waals surface area contributed by atoms with Crippen LogP contribution in [0, 0.1) is 0 Å². The van der Waals surface area contributed by atoms with Crippen molar-refractivity contribution >= 4 is 0 Å². The molecule has 0 bridgehead atoms. The fraction of sp³-hybridized carbons (Fsp3) is 0.385. The van der Waals surface area contributed by atoms with Crippen LogP contribution in [0.2, 0.25) is 0 Å². The van der Waals surface area contributed by atoms with Crippen LogP contribution in [0.5, 0.6) is 11.8 Å². The molecule has 0 aliphatic rings. The normalized spacial score (nSPS) is 12.4. The Morgan fingerprint density at radius 1 is 1.44 bits per heavy atom. The first kappa shape index (κ1) is 12.6. The molecule has 1 unspecified atom stereocenters. The fourth-order valence-electron chi connectivity index (χ4n) is 1.87. The van der Waals surface area contributed by atoms with E-state index < -0.39 is 0 Å². The molecule has 2 rings (SSSR count). The average Bonchev–Trinajstić information content (AvgIpc) is 2.77. The predicted molar refractivity (Wildman–Crippen MR) is 69.6 cm³/mol. The number of rotatable bonds is 5. The highest BCUT2D eigenvalue weighted by atomic mass is 16.5. The topological polar surface area (TPSA) is 52.0 Å². The Hall–Kier alpha value is -1.88. The highest BCUT2D eigenvalue weighted by Gasteiger charge is 2.08. The molecule has 0 fully saturated rings. The Balaban J connectivity index is 2.16. The number of benzene rings is 1. The minimum atomic E-state index is 0.338. The van der Waals surface area contributed by atoms with E-state index in [4.69, 9.17) is 4.74 Å². The van der Waals surface area contributed by atoms with Gasteiger partial charge >= 0.3 is 6.01 Å². The second-order valence-electron chi connectivity index (χ2n) is 4.12. The van der Waals surface area contributed by atoms with Crippen LogP contribution in [0.1, 0.15) is 24.9 Å². The van der Waals surface area contributed by atoms with Gasteiger partial charge in [-0.15, -0.1) is 5.10 Å². The Bertz CT molecular complexity index is 505. The summed E-state index contributed by atoms with van der Waals surface area (Å²) in [5, 5.41) is 7.36. The lowest BCUT2D eigenvalue weighted by Crippen LogP contribution is -2.15. The number of aromatic nitrogens is 3. The van der Waals surface area contributed by atoms with Crippen molar-refractivity contribution in [1.29, 1.82) is 0 Å². The Morgan fingerprint density at radius 2 is 2.28 bits per heavy atom. The van der Waals surface area contributed by atoms with Gasteiger partial charge in [0, 0.05) is 13.1 Å². The van der Waals surface area contributed by atoms with Gasteiger partial charge in [-0.25, -0.2) is 0 Å². The largest absolute Gasteiger partial charge is 0.423 e. The first-order chi connectivity index (χ1) is 8.72. The summed E-state index contributed by atoms with van der Waals surface area (Å²) in [5.74, 6) is 0.757. The quantitative estimate of drug-likeness (QED) is 0.879. The monoisotopic (exact) mass is 246 g/mol. The molecule has 2 aromatic rings. The summed E-state index contributed by atoms with van der Waals surface area (Å²) in [4.78, 5) is 4.04. The molecule has 5 heteroatoms. The maximum atomic E-state index is 5.61. The van der Waals surface area contributed by atoms with Crippen LogP contribution in [0.3, 0.4) is 0 Å². The minimum absolute atomic E-state index is 0.338. The van der Waals surface area contributed by atoms with Crippen LogP contribution in [-0.2, 0) is 7.05 Å². The summed E-state index contributed by atoms with van der Waals surface area (Å²) in [7, 11) is 3.77. The summed E-state index contributed by atoms with van der Waals surface area (Å²) in [6.45, 7) is 2.15. The zero-order valence-corrected chi connectivity index (χ0v) is 10.9. The van der Waals surface area contributed by atoms with Crippen molar-refractivity contribution < 1.29 is 4.74 Å². The smallest absolute Gasteiger partial charge is 0.340 e. The van der Waals surface area contributed by atoms with Crippen molar-refractivity contribution in [3.8, 4) is 11.8 Å². The van der Waals surface area contributed by atoms with Crippen LogP contribution in [0.4, 0.5) is 0 Å². The second kappa shape index (κ2) is 5.64. The zero-order valence-electron chi connectivity index (χ0n) is 10.9. The molecule has 1 N–H and O–H groups in total. The molecule has 1 atom stereocenters. The molecule has 0 aliphatic heterocycles. The van der Waals surface area contributed by atoms with Crippen LogP contribution in [0.25, 0.3) is 0 Å². The highest BCUT2D eigenvalue weighted by Crippen LogP contribution is 2.23. The number of hydrogen-bond acceptors (Lipinski definition) is 4. The molecule has 1 aromatic heterocycles. The molecule has 1 aromatic carbocycles. The molecule has 0 spiro atoms. The van der Waals surface area contributed by atoms with E-state index in [1.54, 1.807) is 11.0 Å². The average molecular weight is 246 g/mol. The summed E-state index contributed by atoms with van der Waals surface area (Å²) in [5.41, 5.74) is 1.20. The summed E-state index contributed by atoms with van der Waals surface area (Å²) in [6.07, 6.45) is 2.64. The van der Waals surface area contributed by atoms with E-state index in [-0.39, 0.29) is 0 Å². The number of nitrogens with zero attached hydrogens (tertiary/aromatic N) is 3. The molecular formula is C13H18N4O. The maximum Gasteiger partial charge on any atom is 0.340 e. The molecular weight excluding hydrogens is 228 g/mol. The Labute approximate surface area is 107 Å². The fourth-order valence-corrected chi connectivity index (χ4v) is 1.87. The van der Waals surface area contributed by atoms with Gasteiger partial charge in [-0.3, -0.25) is 4.68 Å². The van der Waals surface area contributed by atoms with Crippen LogP contribution in [0.15, 0.2) is 30.6 Å². The van der Waals surface area contributed by atoms with Gasteiger partial charge in [0.05, 0.1) is 0 Å². The SMILES string of the molecule is CCC(NC)c1cccc(Oc2ncn(C)n2)c1. The number of ether oxygens (including phenoxy) is 1. The van der Waals surface area contributed by atoms with Gasteiger partial charge in [0.2, 0.25) is 0 Å².